The van der Waals surface area contributed by atoms with Crippen LogP contribution in [0, 0.1) is 0 Å². The maximum atomic E-state index is 12.1. The molecule has 0 unspecified atom stereocenters. The number of amides is 1. The quantitative estimate of drug-likeness (QED) is 0.555. The van der Waals surface area contributed by atoms with Crippen molar-refractivity contribution >= 4 is 22.8 Å². The van der Waals surface area contributed by atoms with Crippen molar-refractivity contribution in [3.8, 4) is 0 Å². The molecule has 0 saturated carbocycles. The molecule has 0 aliphatic rings. The number of benzene rings is 2. The van der Waals surface area contributed by atoms with Crippen LogP contribution >= 0.6 is 0 Å². The van der Waals surface area contributed by atoms with Crippen molar-refractivity contribution in [3.63, 3.8) is 0 Å². The Bertz CT molecular complexity index is 881. The number of aromatic nitrogens is 1. The molecule has 1 heterocycles. The third-order valence-electron chi connectivity index (χ3n) is 4.11. The maximum Gasteiger partial charge on any atom is 0.337 e. The Kier molecular flexibility index (Phi) is 5.14. The fraction of sp³-hybridized carbons (Fsp3) is 0.200. The van der Waals surface area contributed by atoms with E-state index in [1.165, 1.54) is 18.0 Å². The smallest absolute Gasteiger partial charge is 0.337 e. The van der Waals surface area contributed by atoms with E-state index in [-0.39, 0.29) is 5.91 Å². The normalized spacial score (nSPS) is 10.6. The van der Waals surface area contributed by atoms with Gasteiger partial charge >= 0.3 is 5.97 Å². The van der Waals surface area contributed by atoms with Gasteiger partial charge in [0.25, 0.3) is 5.91 Å². The second-order valence-corrected chi connectivity index (χ2v) is 5.75. The molecule has 0 atom stereocenters. The first-order chi connectivity index (χ1) is 12.2. The Labute approximate surface area is 146 Å². The number of para-hydroxylation sites is 1. The molecule has 128 valence electrons. The highest BCUT2D eigenvalue weighted by Gasteiger charge is 2.08. The van der Waals surface area contributed by atoms with Crippen molar-refractivity contribution in [3.05, 3.63) is 71.9 Å². The van der Waals surface area contributed by atoms with Gasteiger partial charge in [0.2, 0.25) is 0 Å². The third-order valence-corrected chi connectivity index (χ3v) is 4.11. The average Bonchev–Trinajstić information content (AvgIpc) is 3.07. The van der Waals surface area contributed by atoms with Gasteiger partial charge < -0.3 is 14.6 Å². The number of hydrogen-bond acceptors (Lipinski definition) is 3. The Balaban J connectivity index is 1.50. The number of ether oxygens (including phenoxy) is 1. The van der Waals surface area contributed by atoms with Gasteiger partial charge in [-0.05, 0) is 48.2 Å². The summed E-state index contributed by atoms with van der Waals surface area (Å²) < 4.78 is 6.83. The van der Waals surface area contributed by atoms with Crippen LogP contribution in [0.4, 0.5) is 0 Å². The van der Waals surface area contributed by atoms with Crippen molar-refractivity contribution in [2.75, 3.05) is 13.7 Å². The van der Waals surface area contributed by atoms with Gasteiger partial charge in [-0.2, -0.15) is 0 Å². The lowest BCUT2D eigenvalue weighted by Crippen LogP contribution is -2.25. The minimum absolute atomic E-state index is 0.145. The zero-order valence-electron chi connectivity index (χ0n) is 14.1. The summed E-state index contributed by atoms with van der Waals surface area (Å²) in [5.74, 6) is -0.556. The van der Waals surface area contributed by atoms with Gasteiger partial charge in [0, 0.05) is 30.4 Å². The van der Waals surface area contributed by atoms with E-state index in [0.717, 1.165) is 13.0 Å². The first-order valence-corrected chi connectivity index (χ1v) is 8.19. The van der Waals surface area contributed by atoms with E-state index >= 15 is 0 Å². The predicted molar refractivity (Wildman–Crippen MR) is 96.7 cm³/mol. The predicted octanol–water partition coefficient (Wildman–Crippen LogP) is 3.25. The van der Waals surface area contributed by atoms with Crippen molar-refractivity contribution in [1.82, 2.24) is 9.88 Å². The first kappa shape index (κ1) is 16.8. The summed E-state index contributed by atoms with van der Waals surface area (Å²) in [6, 6.07) is 16.8. The molecule has 2 aromatic carbocycles. The molecule has 0 aliphatic heterocycles. The van der Waals surface area contributed by atoms with E-state index in [1.54, 1.807) is 24.3 Å². The van der Waals surface area contributed by atoms with E-state index in [9.17, 15) is 9.59 Å². The van der Waals surface area contributed by atoms with Crippen LogP contribution in [0.3, 0.4) is 0 Å². The molecule has 5 nitrogen and oxygen atoms in total. The van der Waals surface area contributed by atoms with E-state index in [1.807, 2.05) is 12.1 Å². The highest BCUT2D eigenvalue weighted by Crippen LogP contribution is 2.15. The lowest BCUT2D eigenvalue weighted by molar-refractivity contribution is 0.0600. The van der Waals surface area contributed by atoms with Crippen LogP contribution in [0.25, 0.3) is 10.9 Å². The number of hydrogen-bond donors (Lipinski definition) is 1. The standard InChI is InChI=1S/C20H20N2O3/c1-25-20(24)17-9-7-16(8-10-17)19(23)21-12-4-13-22-14-11-15-5-2-3-6-18(15)22/h2-3,5-11,14H,4,12-13H2,1H3,(H,21,23). The number of nitrogens with one attached hydrogen (secondary N) is 1. The molecule has 25 heavy (non-hydrogen) atoms. The van der Waals surface area contributed by atoms with Crippen molar-refractivity contribution in [2.45, 2.75) is 13.0 Å². The lowest BCUT2D eigenvalue weighted by atomic mass is 10.1. The number of carbonyl (C=O) groups excluding carboxylic acids is 2. The van der Waals surface area contributed by atoms with Crippen LogP contribution in [0.15, 0.2) is 60.8 Å². The molecule has 3 rings (SSSR count). The van der Waals surface area contributed by atoms with Crippen LogP contribution < -0.4 is 5.32 Å². The van der Waals surface area contributed by atoms with E-state index in [0.29, 0.717) is 17.7 Å². The number of rotatable bonds is 6. The van der Waals surface area contributed by atoms with Crippen molar-refractivity contribution in [2.24, 2.45) is 0 Å². The maximum absolute atomic E-state index is 12.1. The minimum Gasteiger partial charge on any atom is -0.465 e. The topological polar surface area (TPSA) is 60.3 Å². The van der Waals surface area contributed by atoms with Crippen molar-refractivity contribution in [1.29, 1.82) is 0 Å². The molecule has 0 fully saturated rings. The summed E-state index contributed by atoms with van der Waals surface area (Å²) in [6.07, 6.45) is 2.91. The largest absolute Gasteiger partial charge is 0.465 e. The molecule has 1 aromatic heterocycles. The number of aryl methyl sites for hydroxylation is 1. The summed E-state index contributed by atoms with van der Waals surface area (Å²) in [4.78, 5) is 23.5. The molecule has 3 aromatic rings. The number of nitrogens with zero attached hydrogens (tertiary/aromatic N) is 1. The molecule has 1 amide bonds. The van der Waals surface area contributed by atoms with Gasteiger partial charge in [0.15, 0.2) is 0 Å². The molecule has 0 aliphatic carbocycles. The van der Waals surface area contributed by atoms with E-state index in [2.05, 4.69) is 39.0 Å². The highest BCUT2D eigenvalue weighted by atomic mass is 16.5. The van der Waals surface area contributed by atoms with Crippen molar-refractivity contribution < 1.29 is 14.3 Å². The Morgan fingerprint density at radius 3 is 2.48 bits per heavy atom. The van der Waals surface area contributed by atoms with E-state index in [4.69, 9.17) is 0 Å². The Morgan fingerprint density at radius 2 is 1.72 bits per heavy atom. The van der Waals surface area contributed by atoms with E-state index < -0.39 is 5.97 Å². The highest BCUT2D eigenvalue weighted by molar-refractivity contribution is 5.96. The molecule has 0 bridgehead atoms. The molecular weight excluding hydrogens is 316 g/mol. The van der Waals surface area contributed by atoms with Gasteiger partial charge in [0.05, 0.1) is 12.7 Å². The SMILES string of the molecule is COC(=O)c1ccc(C(=O)NCCCn2ccc3ccccc32)cc1. The van der Waals surface area contributed by atoms with Gasteiger partial charge in [-0.15, -0.1) is 0 Å². The second kappa shape index (κ2) is 7.66. The molecule has 1 N–H and O–H groups in total. The Morgan fingerprint density at radius 1 is 1.00 bits per heavy atom. The summed E-state index contributed by atoms with van der Waals surface area (Å²) >= 11 is 0. The first-order valence-electron chi connectivity index (χ1n) is 8.19. The number of methoxy groups -OCH3 is 1. The molecule has 0 radical (unpaired) electrons. The van der Waals surface area contributed by atoms with Gasteiger partial charge in [-0.3, -0.25) is 4.79 Å². The van der Waals surface area contributed by atoms with Gasteiger partial charge in [-0.1, -0.05) is 18.2 Å². The Hall–Kier alpha value is -3.08. The van der Waals surface area contributed by atoms with Gasteiger partial charge in [0.1, 0.15) is 0 Å². The monoisotopic (exact) mass is 336 g/mol. The number of esters is 1. The number of fused-ring (bicyclic) bond motifs is 1. The summed E-state index contributed by atoms with van der Waals surface area (Å²) in [5, 5.41) is 4.12. The number of carbonyl (C=O) groups is 2. The molecule has 5 heteroatoms. The summed E-state index contributed by atoms with van der Waals surface area (Å²) in [6.45, 7) is 1.43. The average molecular weight is 336 g/mol. The van der Waals surface area contributed by atoms with Crippen LogP contribution in [-0.2, 0) is 11.3 Å². The fourth-order valence-corrected chi connectivity index (χ4v) is 2.76. The lowest BCUT2D eigenvalue weighted by Gasteiger charge is -2.08. The molecule has 0 saturated heterocycles. The minimum atomic E-state index is -0.411. The zero-order chi connectivity index (χ0) is 17.6. The fourth-order valence-electron chi connectivity index (χ4n) is 2.76. The summed E-state index contributed by atoms with van der Waals surface area (Å²) in [7, 11) is 1.33. The third kappa shape index (κ3) is 3.88. The molecule has 0 spiro atoms. The van der Waals surface area contributed by atoms with Crippen LogP contribution in [0.1, 0.15) is 27.1 Å². The van der Waals surface area contributed by atoms with Gasteiger partial charge in [-0.25, -0.2) is 4.79 Å². The van der Waals surface area contributed by atoms with Crippen LogP contribution in [-0.4, -0.2) is 30.1 Å². The zero-order valence-corrected chi connectivity index (χ0v) is 14.1. The second-order valence-electron chi connectivity index (χ2n) is 5.75. The summed E-state index contributed by atoms with van der Waals surface area (Å²) in [5.41, 5.74) is 2.16. The van der Waals surface area contributed by atoms with Crippen LogP contribution in [0.2, 0.25) is 0 Å². The molecular formula is C20H20N2O3. The van der Waals surface area contributed by atoms with Crippen LogP contribution in [0.5, 0.6) is 0 Å².